The molecule has 3 rings (SSSR count). The van der Waals surface area contributed by atoms with Crippen LogP contribution in [0, 0.1) is 6.92 Å². The number of anilines is 1. The van der Waals surface area contributed by atoms with Gasteiger partial charge >= 0.3 is 12.1 Å². The molecule has 0 unspecified atom stereocenters. The summed E-state index contributed by atoms with van der Waals surface area (Å²) in [5, 5.41) is 12.9. The molecule has 2 heterocycles. The predicted molar refractivity (Wildman–Crippen MR) is 148 cm³/mol. The van der Waals surface area contributed by atoms with E-state index in [1.54, 1.807) is 45.0 Å². The van der Waals surface area contributed by atoms with Gasteiger partial charge in [-0.1, -0.05) is 24.6 Å². The number of hydrogen-bond acceptors (Lipinski definition) is 8. The van der Waals surface area contributed by atoms with Gasteiger partial charge in [-0.05, 0) is 64.3 Å². The maximum absolute atomic E-state index is 13.2. The van der Waals surface area contributed by atoms with Crippen molar-refractivity contribution in [1.82, 2.24) is 15.3 Å². The van der Waals surface area contributed by atoms with Crippen molar-refractivity contribution in [3.8, 4) is 11.5 Å². The van der Waals surface area contributed by atoms with Crippen molar-refractivity contribution in [2.45, 2.75) is 52.6 Å². The number of carbonyl (C=O) groups is 2. The van der Waals surface area contributed by atoms with Crippen LogP contribution < -0.4 is 14.4 Å². The van der Waals surface area contributed by atoms with Gasteiger partial charge in [0.05, 0.1) is 5.75 Å². The number of fused-ring (bicyclic) bond motifs is 1. The van der Waals surface area contributed by atoms with Crippen LogP contribution in [-0.2, 0) is 14.8 Å². The second kappa shape index (κ2) is 12.3. The highest BCUT2D eigenvalue weighted by Crippen LogP contribution is 2.37. The highest BCUT2D eigenvalue weighted by atomic mass is 32.2. The van der Waals surface area contributed by atoms with E-state index in [0.717, 1.165) is 9.87 Å². The van der Waals surface area contributed by atoms with Crippen molar-refractivity contribution in [3.63, 3.8) is 0 Å². The first-order valence-electron chi connectivity index (χ1n) is 12.5. The van der Waals surface area contributed by atoms with Crippen LogP contribution in [0.5, 0.6) is 11.5 Å². The minimum absolute atomic E-state index is 0.0563. The SMILES string of the molecule is Cc1ccccc1Oc1c(C(=O)O)nc(N(C)S(=O)(=O)CCCCCNC(=O)OC(C)(C)C)c2cccnc12. The number of para-hydroxylation sites is 1. The van der Waals surface area contributed by atoms with E-state index in [1.165, 1.54) is 13.2 Å². The van der Waals surface area contributed by atoms with E-state index in [-0.39, 0.29) is 22.8 Å². The lowest BCUT2D eigenvalue weighted by Gasteiger charge is -2.22. The molecule has 39 heavy (non-hydrogen) atoms. The molecule has 0 aliphatic heterocycles. The number of amides is 1. The number of pyridine rings is 2. The molecule has 12 heteroatoms. The maximum atomic E-state index is 13.2. The summed E-state index contributed by atoms with van der Waals surface area (Å²) in [4.78, 5) is 32.4. The molecule has 2 N–H and O–H groups in total. The molecule has 1 aromatic carbocycles. The number of carboxylic acid groups (broad SMARTS) is 1. The monoisotopic (exact) mass is 558 g/mol. The maximum Gasteiger partial charge on any atom is 0.407 e. The highest BCUT2D eigenvalue weighted by molar-refractivity contribution is 7.92. The number of benzene rings is 1. The third-order valence-electron chi connectivity index (χ3n) is 5.67. The number of sulfonamides is 1. The van der Waals surface area contributed by atoms with Gasteiger partial charge in [0.2, 0.25) is 10.0 Å². The van der Waals surface area contributed by atoms with E-state index in [4.69, 9.17) is 9.47 Å². The van der Waals surface area contributed by atoms with Crippen molar-refractivity contribution in [2.75, 3.05) is 23.7 Å². The molecule has 0 saturated heterocycles. The van der Waals surface area contributed by atoms with Gasteiger partial charge in [-0.25, -0.2) is 23.0 Å². The van der Waals surface area contributed by atoms with E-state index in [0.29, 0.717) is 36.9 Å². The predicted octanol–water partition coefficient (Wildman–Crippen LogP) is 4.89. The lowest BCUT2D eigenvalue weighted by molar-refractivity contribution is 0.0526. The fraction of sp³-hybridized carbons (Fsp3) is 0.407. The summed E-state index contributed by atoms with van der Waals surface area (Å²) in [6.45, 7) is 7.49. The fourth-order valence-electron chi connectivity index (χ4n) is 3.72. The number of unbranched alkanes of at least 4 members (excludes halogenated alkanes) is 2. The number of ether oxygens (including phenoxy) is 2. The van der Waals surface area contributed by atoms with Crippen molar-refractivity contribution < 1.29 is 32.6 Å². The Bertz CT molecular complexity index is 1450. The molecule has 3 aromatic rings. The number of nitrogens with one attached hydrogen (secondary N) is 1. The first-order chi connectivity index (χ1) is 18.3. The van der Waals surface area contributed by atoms with Crippen molar-refractivity contribution in [1.29, 1.82) is 0 Å². The van der Waals surface area contributed by atoms with E-state index in [9.17, 15) is 23.1 Å². The molecular weight excluding hydrogens is 524 g/mol. The Labute approximate surface area is 228 Å². The van der Waals surface area contributed by atoms with E-state index in [1.807, 2.05) is 19.1 Å². The zero-order valence-electron chi connectivity index (χ0n) is 22.7. The molecule has 0 aliphatic rings. The first kappa shape index (κ1) is 29.6. The van der Waals surface area contributed by atoms with Crippen LogP contribution in [0.1, 0.15) is 56.1 Å². The topological polar surface area (TPSA) is 148 Å². The number of nitrogens with zero attached hydrogens (tertiary/aromatic N) is 3. The molecule has 0 radical (unpaired) electrons. The molecule has 0 aliphatic carbocycles. The summed E-state index contributed by atoms with van der Waals surface area (Å²) in [5.41, 5.74) is -0.0851. The van der Waals surface area contributed by atoms with Gasteiger partial charge in [0, 0.05) is 25.2 Å². The van der Waals surface area contributed by atoms with Crippen molar-refractivity contribution in [2.24, 2.45) is 0 Å². The smallest absolute Gasteiger partial charge is 0.407 e. The van der Waals surface area contributed by atoms with Crippen LogP contribution in [0.2, 0.25) is 0 Å². The zero-order valence-corrected chi connectivity index (χ0v) is 23.5. The molecule has 0 atom stereocenters. The molecular formula is C27H34N4O7S. The normalized spacial score (nSPS) is 11.7. The number of aromatic nitrogens is 2. The summed E-state index contributed by atoms with van der Waals surface area (Å²) in [6.07, 6.45) is 2.40. The van der Waals surface area contributed by atoms with Crippen LogP contribution in [0.3, 0.4) is 0 Å². The van der Waals surface area contributed by atoms with Crippen LogP contribution in [0.15, 0.2) is 42.6 Å². The Hall–Kier alpha value is -3.93. The molecule has 11 nitrogen and oxygen atoms in total. The minimum Gasteiger partial charge on any atom is -0.476 e. The van der Waals surface area contributed by atoms with E-state index < -0.39 is 33.4 Å². The van der Waals surface area contributed by atoms with Gasteiger partial charge < -0.3 is 19.9 Å². The average Bonchev–Trinajstić information content (AvgIpc) is 2.85. The van der Waals surface area contributed by atoms with E-state index >= 15 is 0 Å². The molecule has 0 spiro atoms. The number of aromatic carboxylic acids is 1. The zero-order chi connectivity index (χ0) is 28.8. The van der Waals surface area contributed by atoms with Gasteiger partial charge in [-0.15, -0.1) is 0 Å². The van der Waals surface area contributed by atoms with Crippen molar-refractivity contribution >= 4 is 38.8 Å². The van der Waals surface area contributed by atoms with Gasteiger partial charge in [0.1, 0.15) is 16.9 Å². The third-order valence-corrected chi connectivity index (χ3v) is 7.48. The second-order valence-electron chi connectivity index (χ2n) is 9.96. The lowest BCUT2D eigenvalue weighted by Crippen LogP contribution is -2.33. The quantitative estimate of drug-likeness (QED) is 0.314. The van der Waals surface area contributed by atoms with Crippen LogP contribution in [0.25, 0.3) is 10.9 Å². The lowest BCUT2D eigenvalue weighted by atomic mass is 10.2. The Balaban J connectivity index is 1.78. The standard InChI is InChI=1S/C27H34N4O7S/c1-18-12-7-8-14-20(18)37-23-21-19(13-11-16-28-21)24(30-22(23)25(32)33)31(5)39(35,36)17-10-6-9-15-29-26(34)38-27(2,3)4/h7-8,11-14,16H,6,9-10,15,17H2,1-5H3,(H,29,34)(H,32,33). The largest absolute Gasteiger partial charge is 0.476 e. The number of aryl methyl sites for hydroxylation is 1. The van der Waals surface area contributed by atoms with Crippen LogP contribution >= 0.6 is 0 Å². The molecule has 2 aromatic heterocycles. The Morgan fingerprint density at radius 2 is 1.79 bits per heavy atom. The number of hydrogen-bond donors (Lipinski definition) is 2. The summed E-state index contributed by atoms with van der Waals surface area (Å²) in [7, 11) is -2.52. The Morgan fingerprint density at radius 3 is 2.46 bits per heavy atom. The number of carbonyl (C=O) groups excluding carboxylic acids is 1. The summed E-state index contributed by atoms with van der Waals surface area (Å²) >= 11 is 0. The molecule has 210 valence electrons. The first-order valence-corrected chi connectivity index (χ1v) is 14.1. The Morgan fingerprint density at radius 1 is 1.08 bits per heavy atom. The highest BCUT2D eigenvalue weighted by Gasteiger charge is 2.28. The summed E-state index contributed by atoms with van der Waals surface area (Å²) in [6, 6.07) is 10.3. The number of alkyl carbamates (subject to hydrolysis) is 1. The fourth-order valence-corrected chi connectivity index (χ4v) is 4.96. The van der Waals surface area contributed by atoms with Gasteiger partial charge in [-0.3, -0.25) is 9.29 Å². The van der Waals surface area contributed by atoms with Gasteiger partial charge in [-0.2, -0.15) is 0 Å². The number of rotatable bonds is 11. The molecule has 1 amide bonds. The number of carboxylic acids is 1. The van der Waals surface area contributed by atoms with Crippen LogP contribution in [-0.4, -0.2) is 60.5 Å². The van der Waals surface area contributed by atoms with E-state index in [2.05, 4.69) is 15.3 Å². The van der Waals surface area contributed by atoms with Crippen molar-refractivity contribution in [3.05, 3.63) is 53.9 Å². The van der Waals surface area contributed by atoms with Gasteiger partial charge in [0.15, 0.2) is 17.3 Å². The molecule has 0 saturated carbocycles. The summed E-state index contributed by atoms with van der Waals surface area (Å²) in [5.74, 6) is -1.26. The minimum atomic E-state index is -3.86. The average molecular weight is 559 g/mol. The summed E-state index contributed by atoms with van der Waals surface area (Å²) < 4.78 is 38.5. The molecule has 0 fully saturated rings. The van der Waals surface area contributed by atoms with Crippen LogP contribution in [0.4, 0.5) is 10.6 Å². The Kier molecular flexibility index (Phi) is 9.33. The van der Waals surface area contributed by atoms with Gasteiger partial charge in [0.25, 0.3) is 0 Å². The molecule has 0 bridgehead atoms. The third kappa shape index (κ3) is 7.79. The second-order valence-corrected chi connectivity index (χ2v) is 12.1.